The van der Waals surface area contributed by atoms with Gasteiger partial charge in [0.1, 0.15) is 0 Å². The second-order valence-electron chi connectivity index (χ2n) is 5.40. The molecule has 88 valence electrons. The van der Waals surface area contributed by atoms with Crippen molar-refractivity contribution >= 4 is 31.9 Å². The summed E-state index contributed by atoms with van der Waals surface area (Å²) in [5.41, 5.74) is 9.35. The van der Waals surface area contributed by atoms with Crippen LogP contribution in [0.15, 0.2) is 21.1 Å². The number of hydrogen-bond donors (Lipinski definition) is 1. The SMILES string of the molecule is CC1(C)CCc2c(Br)ccc(Br)c2C(N)C1. The molecule has 0 aliphatic heterocycles. The van der Waals surface area contributed by atoms with Gasteiger partial charge in [-0.3, -0.25) is 0 Å². The largest absolute Gasteiger partial charge is 0.324 e. The van der Waals surface area contributed by atoms with E-state index in [0.29, 0.717) is 5.41 Å². The van der Waals surface area contributed by atoms with Crippen molar-refractivity contribution in [3.05, 3.63) is 32.2 Å². The lowest BCUT2D eigenvalue weighted by molar-refractivity contribution is 0.293. The Morgan fingerprint density at radius 2 is 1.88 bits per heavy atom. The summed E-state index contributed by atoms with van der Waals surface area (Å²) in [6, 6.07) is 4.33. The molecule has 0 amide bonds. The Morgan fingerprint density at radius 1 is 1.25 bits per heavy atom. The van der Waals surface area contributed by atoms with Gasteiger partial charge < -0.3 is 5.73 Å². The van der Waals surface area contributed by atoms with E-state index in [4.69, 9.17) is 5.73 Å². The summed E-state index contributed by atoms with van der Waals surface area (Å²) in [4.78, 5) is 0. The Labute approximate surface area is 114 Å². The summed E-state index contributed by atoms with van der Waals surface area (Å²) in [7, 11) is 0. The Morgan fingerprint density at radius 3 is 2.56 bits per heavy atom. The fraction of sp³-hybridized carbons (Fsp3) is 0.538. The van der Waals surface area contributed by atoms with Crippen molar-refractivity contribution in [1.82, 2.24) is 0 Å². The van der Waals surface area contributed by atoms with E-state index in [2.05, 4.69) is 57.8 Å². The van der Waals surface area contributed by atoms with Crippen molar-refractivity contribution in [2.24, 2.45) is 11.1 Å². The number of nitrogens with two attached hydrogens (primary N) is 1. The molecule has 0 spiro atoms. The van der Waals surface area contributed by atoms with Gasteiger partial charge in [-0.2, -0.15) is 0 Å². The lowest BCUT2D eigenvalue weighted by atomic mass is 9.83. The molecule has 0 radical (unpaired) electrons. The van der Waals surface area contributed by atoms with Crippen LogP contribution in [0.4, 0.5) is 0 Å². The van der Waals surface area contributed by atoms with Crippen molar-refractivity contribution in [3.8, 4) is 0 Å². The number of fused-ring (bicyclic) bond motifs is 1. The predicted octanol–water partition coefficient (Wildman–Crippen LogP) is 4.57. The van der Waals surface area contributed by atoms with Crippen LogP contribution in [-0.4, -0.2) is 0 Å². The summed E-state index contributed by atoms with van der Waals surface area (Å²) in [6.45, 7) is 4.61. The highest BCUT2D eigenvalue weighted by molar-refractivity contribution is 9.11. The highest BCUT2D eigenvalue weighted by Gasteiger charge is 2.29. The van der Waals surface area contributed by atoms with Crippen LogP contribution in [0.1, 0.15) is 43.9 Å². The van der Waals surface area contributed by atoms with Crippen LogP contribution in [0.5, 0.6) is 0 Å². The summed E-state index contributed by atoms with van der Waals surface area (Å²) in [5, 5.41) is 0. The smallest absolute Gasteiger partial charge is 0.0314 e. The maximum atomic E-state index is 6.34. The first kappa shape index (κ1) is 12.6. The van der Waals surface area contributed by atoms with E-state index in [9.17, 15) is 0 Å². The molecular weight excluding hydrogens is 330 g/mol. The van der Waals surface area contributed by atoms with Crippen LogP contribution in [0.2, 0.25) is 0 Å². The molecule has 1 unspecified atom stereocenters. The first-order valence-corrected chi connectivity index (χ1v) is 7.22. The first-order chi connectivity index (χ1) is 7.41. The second kappa shape index (κ2) is 4.43. The maximum Gasteiger partial charge on any atom is 0.0314 e. The molecule has 0 saturated carbocycles. The molecule has 1 aromatic carbocycles. The molecule has 2 N–H and O–H groups in total. The van der Waals surface area contributed by atoms with Crippen molar-refractivity contribution in [1.29, 1.82) is 0 Å². The standard InChI is InChI=1S/C13H17Br2N/c1-13(2)6-5-8-9(14)3-4-10(15)12(8)11(16)7-13/h3-4,11H,5-7,16H2,1-2H3. The van der Waals surface area contributed by atoms with E-state index in [-0.39, 0.29) is 6.04 Å². The molecule has 0 aromatic heterocycles. The Hall–Kier alpha value is 0.140. The quantitative estimate of drug-likeness (QED) is 0.684. The minimum Gasteiger partial charge on any atom is -0.324 e. The van der Waals surface area contributed by atoms with Gasteiger partial charge in [0.15, 0.2) is 0 Å². The predicted molar refractivity (Wildman–Crippen MR) is 75.5 cm³/mol. The van der Waals surface area contributed by atoms with Crippen LogP contribution in [0.3, 0.4) is 0 Å². The fourth-order valence-corrected chi connectivity index (χ4v) is 3.74. The summed E-state index contributed by atoms with van der Waals surface area (Å²) in [6.07, 6.45) is 3.36. The third-order valence-corrected chi connectivity index (χ3v) is 4.88. The van der Waals surface area contributed by atoms with Crippen LogP contribution in [0.25, 0.3) is 0 Å². The molecule has 2 rings (SSSR count). The highest BCUT2D eigenvalue weighted by atomic mass is 79.9. The summed E-state index contributed by atoms with van der Waals surface area (Å²) >= 11 is 7.27. The monoisotopic (exact) mass is 345 g/mol. The topological polar surface area (TPSA) is 26.0 Å². The van der Waals surface area contributed by atoms with Gasteiger partial charge >= 0.3 is 0 Å². The van der Waals surface area contributed by atoms with Gasteiger partial charge in [-0.05, 0) is 47.9 Å². The van der Waals surface area contributed by atoms with E-state index >= 15 is 0 Å². The third kappa shape index (κ3) is 2.36. The molecule has 0 saturated heterocycles. The Balaban J connectivity index is 2.52. The summed E-state index contributed by atoms with van der Waals surface area (Å²) in [5.74, 6) is 0. The lowest BCUT2D eigenvalue weighted by Gasteiger charge is -2.24. The highest BCUT2D eigenvalue weighted by Crippen LogP contribution is 2.42. The molecule has 1 nitrogen and oxygen atoms in total. The van der Waals surface area contributed by atoms with Crippen LogP contribution in [0, 0.1) is 5.41 Å². The van der Waals surface area contributed by atoms with E-state index in [0.717, 1.165) is 17.3 Å². The average Bonchev–Trinajstić information content (AvgIpc) is 2.29. The number of benzene rings is 1. The van der Waals surface area contributed by atoms with E-state index in [1.54, 1.807) is 0 Å². The molecule has 1 aliphatic carbocycles. The Bertz CT molecular complexity index is 413. The molecule has 0 heterocycles. The zero-order chi connectivity index (χ0) is 11.9. The van der Waals surface area contributed by atoms with E-state index in [1.165, 1.54) is 22.0 Å². The Kier molecular flexibility index (Phi) is 3.49. The van der Waals surface area contributed by atoms with Gasteiger partial charge in [0.25, 0.3) is 0 Å². The van der Waals surface area contributed by atoms with Crippen molar-refractivity contribution in [3.63, 3.8) is 0 Å². The van der Waals surface area contributed by atoms with Crippen molar-refractivity contribution < 1.29 is 0 Å². The fourth-order valence-electron chi connectivity index (χ4n) is 2.53. The number of halogens is 2. The van der Waals surface area contributed by atoms with E-state index < -0.39 is 0 Å². The van der Waals surface area contributed by atoms with Gasteiger partial charge in [0.05, 0.1) is 0 Å². The normalized spacial score (nSPS) is 23.7. The van der Waals surface area contributed by atoms with Gasteiger partial charge in [-0.15, -0.1) is 0 Å². The molecule has 16 heavy (non-hydrogen) atoms. The van der Waals surface area contributed by atoms with Crippen molar-refractivity contribution in [2.45, 2.75) is 39.2 Å². The minimum atomic E-state index is 0.138. The lowest BCUT2D eigenvalue weighted by Crippen LogP contribution is -2.19. The van der Waals surface area contributed by atoms with Crippen molar-refractivity contribution in [2.75, 3.05) is 0 Å². The van der Waals surface area contributed by atoms with Gasteiger partial charge in [0.2, 0.25) is 0 Å². The average molecular weight is 347 g/mol. The van der Waals surface area contributed by atoms with Crippen LogP contribution >= 0.6 is 31.9 Å². The van der Waals surface area contributed by atoms with Gasteiger partial charge in [-0.25, -0.2) is 0 Å². The molecule has 1 aromatic rings. The van der Waals surface area contributed by atoms with E-state index in [1.807, 2.05) is 0 Å². The van der Waals surface area contributed by atoms with Crippen LogP contribution < -0.4 is 5.73 Å². The minimum absolute atomic E-state index is 0.138. The molecule has 0 fully saturated rings. The summed E-state index contributed by atoms with van der Waals surface area (Å²) < 4.78 is 2.34. The molecule has 3 heteroatoms. The zero-order valence-corrected chi connectivity index (χ0v) is 12.9. The zero-order valence-electron chi connectivity index (χ0n) is 9.69. The van der Waals surface area contributed by atoms with Gasteiger partial charge in [-0.1, -0.05) is 45.7 Å². The van der Waals surface area contributed by atoms with Crippen LogP contribution in [-0.2, 0) is 6.42 Å². The maximum absolute atomic E-state index is 6.34. The molecule has 0 bridgehead atoms. The molecular formula is C13H17Br2N. The van der Waals surface area contributed by atoms with Gasteiger partial charge in [0, 0.05) is 15.0 Å². The number of hydrogen-bond acceptors (Lipinski definition) is 1. The third-order valence-electron chi connectivity index (χ3n) is 3.44. The molecule has 1 atom stereocenters. The number of rotatable bonds is 0. The molecule has 1 aliphatic rings. The second-order valence-corrected chi connectivity index (χ2v) is 7.10. The first-order valence-electron chi connectivity index (χ1n) is 5.63.